The number of rotatable bonds is 6. The van der Waals surface area contributed by atoms with Gasteiger partial charge in [0.25, 0.3) is 11.8 Å². The van der Waals surface area contributed by atoms with Crippen molar-refractivity contribution in [3.63, 3.8) is 0 Å². The molecule has 0 heterocycles. The molecule has 3 aromatic carbocycles. The Bertz CT molecular complexity index is 1050. The molecule has 0 aliphatic heterocycles. The largest absolute Gasteiger partial charge is 0.337 e. The standard InChI is InChI=1S/C24H23N3O3/c1-17(28)25-20-14-12-19(13-15-20)23(29)26-22-11-7-6-10-21(22)24(30)27(2)16-18-8-4-3-5-9-18/h3-15H,16H2,1-2H3,(H,25,28)(H,26,29). The Kier molecular flexibility index (Phi) is 6.60. The molecule has 0 fully saturated rings. The van der Waals surface area contributed by atoms with Crippen LogP contribution in [0.4, 0.5) is 11.4 Å². The Hall–Kier alpha value is -3.93. The average molecular weight is 401 g/mol. The molecule has 0 aliphatic rings. The van der Waals surface area contributed by atoms with Gasteiger partial charge < -0.3 is 15.5 Å². The number of hydrogen-bond donors (Lipinski definition) is 2. The minimum absolute atomic E-state index is 0.181. The van der Waals surface area contributed by atoms with E-state index >= 15 is 0 Å². The number of para-hydroxylation sites is 1. The highest BCUT2D eigenvalue weighted by Crippen LogP contribution is 2.19. The molecular weight excluding hydrogens is 378 g/mol. The van der Waals surface area contributed by atoms with Gasteiger partial charge in [0.15, 0.2) is 0 Å². The molecule has 30 heavy (non-hydrogen) atoms. The third-order valence-corrected chi connectivity index (χ3v) is 4.48. The zero-order chi connectivity index (χ0) is 21.5. The minimum Gasteiger partial charge on any atom is -0.337 e. The average Bonchev–Trinajstić information content (AvgIpc) is 2.74. The molecule has 0 radical (unpaired) electrons. The molecule has 152 valence electrons. The van der Waals surface area contributed by atoms with E-state index in [4.69, 9.17) is 0 Å². The molecule has 0 aliphatic carbocycles. The Morgan fingerprint density at radius 1 is 0.800 bits per heavy atom. The lowest BCUT2D eigenvalue weighted by Crippen LogP contribution is -2.27. The molecule has 0 aromatic heterocycles. The number of carbonyl (C=O) groups excluding carboxylic acids is 3. The third kappa shape index (κ3) is 5.32. The van der Waals surface area contributed by atoms with Crippen molar-refractivity contribution in [1.82, 2.24) is 4.90 Å². The van der Waals surface area contributed by atoms with Crippen LogP contribution in [0.2, 0.25) is 0 Å². The first kappa shape index (κ1) is 20.8. The van der Waals surface area contributed by atoms with Crippen LogP contribution in [-0.4, -0.2) is 29.7 Å². The van der Waals surface area contributed by atoms with Crippen molar-refractivity contribution in [3.05, 3.63) is 95.6 Å². The van der Waals surface area contributed by atoms with Crippen molar-refractivity contribution in [3.8, 4) is 0 Å². The highest BCUT2D eigenvalue weighted by Gasteiger charge is 2.17. The second-order valence-electron chi connectivity index (χ2n) is 6.91. The SMILES string of the molecule is CC(=O)Nc1ccc(C(=O)Nc2ccccc2C(=O)N(C)Cc2ccccc2)cc1. The Morgan fingerprint density at radius 3 is 2.10 bits per heavy atom. The second kappa shape index (κ2) is 9.52. The van der Waals surface area contributed by atoms with E-state index in [2.05, 4.69) is 10.6 Å². The molecule has 6 nitrogen and oxygen atoms in total. The van der Waals surface area contributed by atoms with E-state index in [0.29, 0.717) is 29.0 Å². The lowest BCUT2D eigenvalue weighted by atomic mass is 10.1. The van der Waals surface area contributed by atoms with Gasteiger partial charge in [0.1, 0.15) is 0 Å². The summed E-state index contributed by atoms with van der Waals surface area (Å²) in [5, 5.41) is 5.47. The number of carbonyl (C=O) groups is 3. The Labute approximate surface area is 175 Å². The van der Waals surface area contributed by atoms with Gasteiger partial charge in [0.05, 0.1) is 11.3 Å². The zero-order valence-corrected chi connectivity index (χ0v) is 16.9. The van der Waals surface area contributed by atoms with Gasteiger partial charge in [0, 0.05) is 31.8 Å². The smallest absolute Gasteiger partial charge is 0.256 e. The number of benzene rings is 3. The number of amides is 3. The quantitative estimate of drug-likeness (QED) is 0.651. The van der Waals surface area contributed by atoms with Gasteiger partial charge in [-0.2, -0.15) is 0 Å². The summed E-state index contributed by atoms with van der Waals surface area (Å²) >= 11 is 0. The van der Waals surface area contributed by atoms with Crippen LogP contribution in [0.1, 0.15) is 33.2 Å². The van der Waals surface area contributed by atoms with E-state index < -0.39 is 0 Å². The Balaban J connectivity index is 1.73. The first-order valence-corrected chi connectivity index (χ1v) is 9.51. The molecule has 3 aromatic rings. The van der Waals surface area contributed by atoms with Gasteiger partial charge in [-0.15, -0.1) is 0 Å². The molecule has 0 bridgehead atoms. The maximum Gasteiger partial charge on any atom is 0.256 e. The third-order valence-electron chi connectivity index (χ3n) is 4.48. The maximum absolute atomic E-state index is 13.0. The van der Waals surface area contributed by atoms with Crippen molar-refractivity contribution in [1.29, 1.82) is 0 Å². The zero-order valence-electron chi connectivity index (χ0n) is 16.9. The highest BCUT2D eigenvalue weighted by molar-refractivity contribution is 6.09. The van der Waals surface area contributed by atoms with E-state index in [1.165, 1.54) is 6.92 Å². The first-order chi connectivity index (χ1) is 14.4. The van der Waals surface area contributed by atoms with Gasteiger partial charge in [0.2, 0.25) is 5.91 Å². The summed E-state index contributed by atoms with van der Waals surface area (Å²) in [5.74, 6) is -0.703. The normalized spacial score (nSPS) is 10.2. The van der Waals surface area contributed by atoms with E-state index in [-0.39, 0.29) is 17.7 Å². The molecule has 0 atom stereocenters. The van der Waals surface area contributed by atoms with Gasteiger partial charge in [-0.1, -0.05) is 42.5 Å². The van der Waals surface area contributed by atoms with Crippen LogP contribution in [0.25, 0.3) is 0 Å². The summed E-state index contributed by atoms with van der Waals surface area (Å²) in [7, 11) is 1.73. The minimum atomic E-state index is -0.338. The van der Waals surface area contributed by atoms with Crippen molar-refractivity contribution in [2.24, 2.45) is 0 Å². The van der Waals surface area contributed by atoms with Crippen LogP contribution in [0.5, 0.6) is 0 Å². The number of anilines is 2. The molecule has 0 saturated heterocycles. The fraction of sp³-hybridized carbons (Fsp3) is 0.125. The van der Waals surface area contributed by atoms with Crippen LogP contribution >= 0.6 is 0 Å². The molecule has 0 unspecified atom stereocenters. The maximum atomic E-state index is 13.0. The van der Waals surface area contributed by atoms with Crippen molar-refractivity contribution < 1.29 is 14.4 Å². The Morgan fingerprint density at radius 2 is 1.43 bits per heavy atom. The molecular formula is C24H23N3O3. The van der Waals surface area contributed by atoms with Crippen molar-refractivity contribution in [2.75, 3.05) is 17.7 Å². The summed E-state index contributed by atoms with van der Waals surface area (Å²) in [5.41, 5.74) is 2.91. The lowest BCUT2D eigenvalue weighted by Gasteiger charge is -2.19. The van der Waals surface area contributed by atoms with Crippen LogP contribution in [0, 0.1) is 0 Å². The fourth-order valence-corrected chi connectivity index (χ4v) is 3.02. The van der Waals surface area contributed by atoms with E-state index in [1.807, 2.05) is 30.3 Å². The van der Waals surface area contributed by atoms with Crippen LogP contribution in [0.15, 0.2) is 78.9 Å². The van der Waals surface area contributed by atoms with Crippen LogP contribution < -0.4 is 10.6 Å². The summed E-state index contributed by atoms with van der Waals surface area (Å²) in [6, 6.07) is 23.2. The van der Waals surface area contributed by atoms with Crippen molar-refractivity contribution in [2.45, 2.75) is 13.5 Å². The molecule has 0 saturated carbocycles. The molecule has 3 rings (SSSR count). The van der Waals surface area contributed by atoms with E-state index in [9.17, 15) is 14.4 Å². The lowest BCUT2D eigenvalue weighted by molar-refractivity contribution is -0.114. The summed E-state index contributed by atoms with van der Waals surface area (Å²) in [4.78, 5) is 38.4. The van der Waals surface area contributed by atoms with Crippen LogP contribution in [0.3, 0.4) is 0 Å². The van der Waals surface area contributed by atoms with Gasteiger partial charge >= 0.3 is 0 Å². The van der Waals surface area contributed by atoms with Crippen molar-refractivity contribution >= 4 is 29.1 Å². The van der Waals surface area contributed by atoms with Gasteiger partial charge in [-0.05, 0) is 42.0 Å². The second-order valence-corrected chi connectivity index (χ2v) is 6.91. The molecule has 6 heteroatoms. The molecule has 2 N–H and O–H groups in total. The predicted octanol–water partition coefficient (Wildman–Crippen LogP) is 4.17. The monoisotopic (exact) mass is 401 g/mol. The van der Waals surface area contributed by atoms with E-state index in [0.717, 1.165) is 5.56 Å². The molecule has 0 spiro atoms. The number of nitrogens with zero attached hydrogens (tertiary/aromatic N) is 1. The van der Waals surface area contributed by atoms with Crippen LogP contribution in [-0.2, 0) is 11.3 Å². The molecule has 3 amide bonds. The number of nitrogens with one attached hydrogen (secondary N) is 2. The predicted molar refractivity (Wildman–Crippen MR) is 117 cm³/mol. The first-order valence-electron chi connectivity index (χ1n) is 9.51. The summed E-state index contributed by atoms with van der Waals surface area (Å²) in [6.45, 7) is 1.88. The summed E-state index contributed by atoms with van der Waals surface area (Å²) in [6.07, 6.45) is 0. The fourth-order valence-electron chi connectivity index (χ4n) is 3.02. The van der Waals surface area contributed by atoms with Gasteiger partial charge in [-0.3, -0.25) is 14.4 Å². The summed E-state index contributed by atoms with van der Waals surface area (Å²) < 4.78 is 0. The van der Waals surface area contributed by atoms with Gasteiger partial charge in [-0.25, -0.2) is 0 Å². The van der Waals surface area contributed by atoms with E-state index in [1.54, 1.807) is 60.5 Å². The number of hydrogen-bond acceptors (Lipinski definition) is 3. The topological polar surface area (TPSA) is 78.5 Å². The highest BCUT2D eigenvalue weighted by atomic mass is 16.2.